The number of H-pyrrole nitrogens is 1. The molecule has 0 spiro atoms. The zero-order valence-corrected chi connectivity index (χ0v) is 18.3. The third kappa shape index (κ3) is 4.47. The van der Waals surface area contributed by atoms with E-state index in [9.17, 15) is 22.4 Å². The molecular weight excluding hydrogens is 446 g/mol. The third-order valence-corrected chi connectivity index (χ3v) is 6.23. The van der Waals surface area contributed by atoms with E-state index in [-0.39, 0.29) is 34.9 Å². The molecule has 1 N–H and O–H groups in total. The standard InChI is InChI=1S/C23H22ClF4N3O/c1-13-11-31(14(2)10-30(13)12-15-3-5-17(25)6-4-15)22(32)21-8-16-7-18(23(26,27)28)19(24)9-20(16)29-21/h3-9,13-14,29H,10-12H2,1-2H3/t13-,14+/m0/s1. The lowest BCUT2D eigenvalue weighted by atomic mass is 10.1. The lowest BCUT2D eigenvalue weighted by Gasteiger charge is -2.44. The lowest BCUT2D eigenvalue weighted by Crippen LogP contribution is -2.57. The highest BCUT2D eigenvalue weighted by molar-refractivity contribution is 6.32. The number of carbonyl (C=O) groups excluding carboxylic acids is 1. The van der Waals surface area contributed by atoms with Crippen molar-refractivity contribution in [3.8, 4) is 0 Å². The van der Waals surface area contributed by atoms with E-state index in [0.717, 1.165) is 11.6 Å². The van der Waals surface area contributed by atoms with E-state index in [1.165, 1.54) is 24.3 Å². The molecule has 9 heteroatoms. The number of hydrogen-bond acceptors (Lipinski definition) is 2. The molecule has 4 rings (SSSR count). The molecule has 1 aliphatic rings. The monoisotopic (exact) mass is 467 g/mol. The zero-order chi connectivity index (χ0) is 23.2. The Bertz CT molecular complexity index is 1140. The van der Waals surface area contributed by atoms with Crippen molar-refractivity contribution in [1.82, 2.24) is 14.8 Å². The van der Waals surface area contributed by atoms with Gasteiger partial charge >= 0.3 is 6.18 Å². The van der Waals surface area contributed by atoms with Gasteiger partial charge in [-0.3, -0.25) is 9.69 Å². The average Bonchev–Trinajstić information content (AvgIpc) is 3.13. The van der Waals surface area contributed by atoms with Crippen LogP contribution in [0.3, 0.4) is 0 Å². The number of amides is 1. The van der Waals surface area contributed by atoms with Crippen LogP contribution in [0, 0.1) is 5.82 Å². The summed E-state index contributed by atoms with van der Waals surface area (Å²) >= 11 is 5.80. The molecule has 2 atom stereocenters. The molecule has 1 fully saturated rings. The van der Waals surface area contributed by atoms with Gasteiger partial charge in [0.05, 0.1) is 10.6 Å². The molecule has 1 amide bonds. The van der Waals surface area contributed by atoms with Gasteiger partial charge in [0.1, 0.15) is 11.5 Å². The maximum Gasteiger partial charge on any atom is 0.417 e. The van der Waals surface area contributed by atoms with Crippen molar-refractivity contribution >= 4 is 28.4 Å². The Balaban J connectivity index is 1.52. The topological polar surface area (TPSA) is 39.3 Å². The summed E-state index contributed by atoms with van der Waals surface area (Å²) in [5.74, 6) is -0.556. The van der Waals surface area contributed by atoms with Gasteiger partial charge in [-0.05, 0) is 49.7 Å². The second kappa shape index (κ2) is 8.41. The van der Waals surface area contributed by atoms with Crippen LogP contribution >= 0.6 is 11.6 Å². The molecular formula is C23H22ClF4N3O. The van der Waals surface area contributed by atoms with Crippen LogP contribution in [0.25, 0.3) is 10.9 Å². The van der Waals surface area contributed by atoms with E-state index < -0.39 is 16.8 Å². The molecule has 0 bridgehead atoms. The highest BCUT2D eigenvalue weighted by Crippen LogP contribution is 2.37. The first-order valence-electron chi connectivity index (χ1n) is 10.2. The largest absolute Gasteiger partial charge is 0.417 e. The Hall–Kier alpha value is -2.58. The minimum atomic E-state index is -4.57. The van der Waals surface area contributed by atoms with Gasteiger partial charge in [-0.25, -0.2) is 4.39 Å². The number of fused-ring (bicyclic) bond motifs is 1. The SMILES string of the molecule is C[C@@H]1CN(Cc2ccc(F)cc2)[C@@H](C)CN1C(=O)c1cc2cc(C(F)(F)F)c(Cl)cc2[nH]1. The van der Waals surface area contributed by atoms with E-state index in [4.69, 9.17) is 11.6 Å². The minimum Gasteiger partial charge on any atom is -0.350 e. The van der Waals surface area contributed by atoms with E-state index in [0.29, 0.717) is 25.2 Å². The second-order valence-electron chi connectivity index (χ2n) is 8.31. The number of nitrogens with zero attached hydrogens (tertiary/aromatic N) is 2. The molecule has 0 radical (unpaired) electrons. The number of aromatic nitrogens is 1. The minimum absolute atomic E-state index is 0.0517. The number of nitrogens with one attached hydrogen (secondary N) is 1. The summed E-state index contributed by atoms with van der Waals surface area (Å²) in [6.45, 7) is 5.66. The van der Waals surface area contributed by atoms with Gasteiger partial charge in [0.15, 0.2) is 0 Å². The van der Waals surface area contributed by atoms with Crippen LogP contribution in [-0.4, -0.2) is 45.9 Å². The normalized spacial score (nSPS) is 20.2. The van der Waals surface area contributed by atoms with Gasteiger partial charge in [0.2, 0.25) is 0 Å². The number of benzene rings is 2. The maximum atomic E-state index is 13.2. The van der Waals surface area contributed by atoms with Gasteiger partial charge in [0, 0.05) is 42.6 Å². The number of rotatable bonds is 3. The van der Waals surface area contributed by atoms with E-state index >= 15 is 0 Å². The van der Waals surface area contributed by atoms with E-state index in [1.54, 1.807) is 17.0 Å². The van der Waals surface area contributed by atoms with Crippen molar-refractivity contribution in [3.05, 3.63) is 70.1 Å². The summed E-state index contributed by atoms with van der Waals surface area (Å²) in [5, 5.41) is -0.136. The average molecular weight is 468 g/mol. The maximum absolute atomic E-state index is 13.2. The van der Waals surface area contributed by atoms with Gasteiger partial charge < -0.3 is 9.88 Å². The lowest BCUT2D eigenvalue weighted by molar-refractivity contribution is -0.137. The molecule has 1 aliphatic heterocycles. The summed E-state index contributed by atoms with van der Waals surface area (Å²) in [6, 6.07) is 9.87. The predicted molar refractivity (Wildman–Crippen MR) is 115 cm³/mol. The summed E-state index contributed by atoms with van der Waals surface area (Å²) in [7, 11) is 0. The first kappa shape index (κ1) is 22.6. The zero-order valence-electron chi connectivity index (χ0n) is 17.5. The van der Waals surface area contributed by atoms with Crippen LogP contribution in [0.4, 0.5) is 17.6 Å². The number of halogens is 5. The van der Waals surface area contributed by atoms with Crippen molar-refractivity contribution < 1.29 is 22.4 Å². The van der Waals surface area contributed by atoms with Crippen LogP contribution < -0.4 is 0 Å². The van der Waals surface area contributed by atoms with Crippen molar-refractivity contribution in [1.29, 1.82) is 0 Å². The van der Waals surface area contributed by atoms with Crippen molar-refractivity contribution in [2.45, 2.75) is 38.7 Å². The number of hydrogen-bond donors (Lipinski definition) is 1. The molecule has 0 saturated carbocycles. The number of piperazine rings is 1. The van der Waals surface area contributed by atoms with Crippen molar-refractivity contribution in [2.75, 3.05) is 13.1 Å². The third-order valence-electron chi connectivity index (χ3n) is 5.92. The molecule has 3 aromatic rings. The predicted octanol–water partition coefficient (Wildman–Crippen LogP) is 5.71. The van der Waals surface area contributed by atoms with E-state index in [2.05, 4.69) is 9.88 Å². The quantitative estimate of drug-likeness (QED) is 0.501. The first-order valence-corrected chi connectivity index (χ1v) is 10.6. The fraction of sp³-hybridized carbons (Fsp3) is 0.348. The van der Waals surface area contributed by atoms with Gasteiger partial charge in [-0.1, -0.05) is 23.7 Å². The smallest absolute Gasteiger partial charge is 0.350 e. The summed E-state index contributed by atoms with van der Waals surface area (Å²) in [5.41, 5.74) is 0.655. The van der Waals surface area contributed by atoms with Crippen LogP contribution in [0.5, 0.6) is 0 Å². The number of carbonyl (C=O) groups is 1. The first-order chi connectivity index (χ1) is 15.0. The highest BCUT2D eigenvalue weighted by atomic mass is 35.5. The fourth-order valence-corrected chi connectivity index (χ4v) is 4.44. The molecule has 0 aliphatic carbocycles. The molecule has 0 unspecified atom stereocenters. The van der Waals surface area contributed by atoms with Gasteiger partial charge in [0.25, 0.3) is 5.91 Å². The Morgan fingerprint density at radius 2 is 1.78 bits per heavy atom. The summed E-state index contributed by atoms with van der Waals surface area (Å²) in [6.07, 6.45) is -4.57. The van der Waals surface area contributed by atoms with Crippen molar-refractivity contribution in [3.63, 3.8) is 0 Å². The Morgan fingerprint density at radius 1 is 1.09 bits per heavy atom. The fourth-order valence-electron chi connectivity index (χ4n) is 4.17. The highest BCUT2D eigenvalue weighted by Gasteiger charge is 2.35. The van der Waals surface area contributed by atoms with E-state index in [1.807, 2.05) is 13.8 Å². The summed E-state index contributed by atoms with van der Waals surface area (Å²) in [4.78, 5) is 20.0. The molecule has 2 aromatic carbocycles. The molecule has 2 heterocycles. The molecule has 170 valence electrons. The van der Waals surface area contributed by atoms with Gasteiger partial charge in [-0.2, -0.15) is 13.2 Å². The van der Waals surface area contributed by atoms with Crippen LogP contribution in [-0.2, 0) is 12.7 Å². The molecule has 1 saturated heterocycles. The van der Waals surface area contributed by atoms with Gasteiger partial charge in [-0.15, -0.1) is 0 Å². The van der Waals surface area contributed by atoms with Crippen LogP contribution in [0.2, 0.25) is 5.02 Å². The number of alkyl halides is 3. The molecule has 4 nitrogen and oxygen atoms in total. The van der Waals surface area contributed by atoms with Crippen molar-refractivity contribution in [2.24, 2.45) is 0 Å². The molecule has 1 aromatic heterocycles. The molecule has 32 heavy (non-hydrogen) atoms. The Kier molecular flexibility index (Phi) is 5.94. The van der Waals surface area contributed by atoms with Crippen LogP contribution in [0.15, 0.2) is 42.5 Å². The Labute approximate surface area is 187 Å². The van der Waals surface area contributed by atoms with Crippen LogP contribution in [0.1, 0.15) is 35.5 Å². The Morgan fingerprint density at radius 3 is 2.44 bits per heavy atom. The summed E-state index contributed by atoms with van der Waals surface area (Å²) < 4.78 is 52.6. The second-order valence-corrected chi connectivity index (χ2v) is 8.72. The number of aromatic amines is 1.